The summed E-state index contributed by atoms with van der Waals surface area (Å²) in [7, 11) is 0. The number of benzene rings is 1. The Labute approximate surface area is 115 Å². The minimum absolute atomic E-state index is 0.0293. The van der Waals surface area contributed by atoms with Crippen LogP contribution in [-0.4, -0.2) is 11.0 Å². The number of rotatable bonds is 2. The van der Waals surface area contributed by atoms with Gasteiger partial charge in [0.05, 0.1) is 5.69 Å². The van der Waals surface area contributed by atoms with E-state index < -0.39 is 0 Å². The maximum absolute atomic E-state index is 11.2. The van der Waals surface area contributed by atoms with E-state index in [-0.39, 0.29) is 17.1 Å². The molecule has 0 bridgehead atoms. The molecule has 0 radical (unpaired) electrons. The monoisotopic (exact) mass is 261 g/mol. The highest BCUT2D eigenvalue weighted by Crippen LogP contribution is 2.45. The number of hydrogen-bond donors (Lipinski definition) is 2. The van der Waals surface area contributed by atoms with Crippen LogP contribution in [0, 0.1) is 6.92 Å². The van der Waals surface area contributed by atoms with Crippen molar-refractivity contribution in [3.8, 4) is 5.75 Å². The van der Waals surface area contributed by atoms with E-state index in [0.29, 0.717) is 5.69 Å². The molecular formula is C16H23NO2. The van der Waals surface area contributed by atoms with Crippen LogP contribution >= 0.6 is 0 Å². The molecule has 2 N–H and O–H groups in total. The highest BCUT2D eigenvalue weighted by molar-refractivity contribution is 5.90. The van der Waals surface area contributed by atoms with Crippen molar-refractivity contribution in [1.82, 2.24) is 0 Å². The fourth-order valence-corrected chi connectivity index (χ4v) is 3.13. The zero-order valence-electron chi connectivity index (χ0n) is 12.0. The molecule has 2 rings (SSSR count). The standard InChI is InChI=1S/C16H23NO2/c1-11-9-13(16(3)7-5-4-6-8-16)15(19)14(10-11)17-12(2)18/h9-10,19H,4-8H2,1-3H3,(H,17,18). The zero-order chi connectivity index (χ0) is 14.0. The average Bonchev–Trinajstić information content (AvgIpc) is 2.33. The Hall–Kier alpha value is -1.51. The maximum Gasteiger partial charge on any atom is 0.221 e. The summed E-state index contributed by atoms with van der Waals surface area (Å²) < 4.78 is 0. The maximum atomic E-state index is 11.2. The molecule has 1 aliphatic carbocycles. The average molecular weight is 261 g/mol. The van der Waals surface area contributed by atoms with Gasteiger partial charge in [-0.05, 0) is 36.8 Å². The van der Waals surface area contributed by atoms with Crippen molar-refractivity contribution in [3.05, 3.63) is 23.3 Å². The van der Waals surface area contributed by atoms with Gasteiger partial charge < -0.3 is 10.4 Å². The van der Waals surface area contributed by atoms with E-state index in [9.17, 15) is 9.90 Å². The van der Waals surface area contributed by atoms with Gasteiger partial charge in [-0.15, -0.1) is 0 Å². The van der Waals surface area contributed by atoms with Crippen LogP contribution in [0.5, 0.6) is 5.75 Å². The first-order valence-corrected chi connectivity index (χ1v) is 7.04. The van der Waals surface area contributed by atoms with Gasteiger partial charge in [0, 0.05) is 12.5 Å². The van der Waals surface area contributed by atoms with Crippen LogP contribution < -0.4 is 5.32 Å². The number of phenols is 1. The van der Waals surface area contributed by atoms with E-state index in [2.05, 4.69) is 18.3 Å². The predicted octanol–water partition coefficient (Wildman–Crippen LogP) is 3.88. The molecule has 0 unspecified atom stereocenters. The highest BCUT2D eigenvalue weighted by Gasteiger charge is 2.32. The number of phenolic OH excluding ortho intramolecular Hbond substituents is 1. The molecule has 1 fully saturated rings. The largest absolute Gasteiger partial charge is 0.505 e. The van der Waals surface area contributed by atoms with E-state index >= 15 is 0 Å². The smallest absolute Gasteiger partial charge is 0.221 e. The lowest BCUT2D eigenvalue weighted by molar-refractivity contribution is -0.114. The minimum atomic E-state index is -0.152. The number of aromatic hydroxyl groups is 1. The molecule has 0 aliphatic heterocycles. The lowest BCUT2D eigenvalue weighted by atomic mass is 9.70. The highest BCUT2D eigenvalue weighted by atomic mass is 16.3. The van der Waals surface area contributed by atoms with E-state index in [1.807, 2.05) is 13.0 Å². The van der Waals surface area contributed by atoms with Crippen molar-refractivity contribution in [3.63, 3.8) is 0 Å². The number of carbonyl (C=O) groups excluding carboxylic acids is 1. The van der Waals surface area contributed by atoms with Gasteiger partial charge in [0.15, 0.2) is 0 Å². The third-order valence-electron chi connectivity index (χ3n) is 4.17. The van der Waals surface area contributed by atoms with Gasteiger partial charge in [0.25, 0.3) is 0 Å². The Bertz CT molecular complexity index is 488. The van der Waals surface area contributed by atoms with Gasteiger partial charge in [-0.1, -0.05) is 32.3 Å². The number of hydrogen-bond acceptors (Lipinski definition) is 2. The van der Waals surface area contributed by atoms with Crippen LogP contribution in [0.15, 0.2) is 12.1 Å². The van der Waals surface area contributed by atoms with Crippen molar-refractivity contribution in [2.75, 3.05) is 5.32 Å². The molecular weight excluding hydrogens is 238 g/mol. The second kappa shape index (κ2) is 5.24. The van der Waals surface area contributed by atoms with E-state index in [4.69, 9.17) is 0 Å². The minimum Gasteiger partial charge on any atom is -0.505 e. The molecule has 1 aliphatic rings. The third kappa shape index (κ3) is 2.91. The van der Waals surface area contributed by atoms with Crippen LogP contribution in [0.2, 0.25) is 0 Å². The molecule has 0 heterocycles. The van der Waals surface area contributed by atoms with Crippen molar-refractivity contribution in [2.45, 2.75) is 58.3 Å². The van der Waals surface area contributed by atoms with Gasteiger partial charge >= 0.3 is 0 Å². The summed E-state index contributed by atoms with van der Waals surface area (Å²) >= 11 is 0. The van der Waals surface area contributed by atoms with Crippen LogP contribution in [0.25, 0.3) is 0 Å². The van der Waals surface area contributed by atoms with Gasteiger partial charge in [0.1, 0.15) is 5.75 Å². The Kier molecular flexibility index (Phi) is 3.83. The number of nitrogens with one attached hydrogen (secondary N) is 1. The molecule has 0 saturated heterocycles. The SMILES string of the molecule is CC(=O)Nc1cc(C)cc(C2(C)CCCCC2)c1O. The third-order valence-corrected chi connectivity index (χ3v) is 4.17. The van der Waals surface area contributed by atoms with Crippen molar-refractivity contribution in [1.29, 1.82) is 0 Å². The summed E-state index contributed by atoms with van der Waals surface area (Å²) in [5, 5.41) is 13.2. The normalized spacial score (nSPS) is 18.1. The molecule has 3 heteroatoms. The summed E-state index contributed by atoms with van der Waals surface area (Å²) in [6, 6.07) is 3.89. The first-order valence-electron chi connectivity index (χ1n) is 7.04. The Balaban J connectivity index is 2.44. The molecule has 1 aromatic rings. The molecule has 0 aromatic heterocycles. The summed E-state index contributed by atoms with van der Waals surface area (Å²) in [4.78, 5) is 11.2. The van der Waals surface area contributed by atoms with E-state index in [1.165, 1.54) is 26.2 Å². The van der Waals surface area contributed by atoms with Gasteiger partial charge in [-0.2, -0.15) is 0 Å². The Morgan fingerprint density at radius 3 is 2.47 bits per heavy atom. The topological polar surface area (TPSA) is 49.3 Å². The van der Waals surface area contributed by atoms with Crippen LogP contribution in [0.4, 0.5) is 5.69 Å². The lowest BCUT2D eigenvalue weighted by Gasteiger charge is -2.35. The molecule has 104 valence electrons. The number of aryl methyl sites for hydroxylation is 1. The Morgan fingerprint density at radius 1 is 1.26 bits per heavy atom. The molecule has 1 amide bonds. The predicted molar refractivity (Wildman–Crippen MR) is 77.6 cm³/mol. The summed E-state index contributed by atoms with van der Waals surface area (Å²) in [6.07, 6.45) is 5.90. The van der Waals surface area contributed by atoms with Crippen molar-refractivity contribution in [2.24, 2.45) is 0 Å². The van der Waals surface area contributed by atoms with Crippen molar-refractivity contribution < 1.29 is 9.90 Å². The Morgan fingerprint density at radius 2 is 1.89 bits per heavy atom. The van der Waals surface area contributed by atoms with Gasteiger partial charge in [-0.3, -0.25) is 4.79 Å². The fourth-order valence-electron chi connectivity index (χ4n) is 3.13. The molecule has 1 saturated carbocycles. The fraction of sp³-hybridized carbons (Fsp3) is 0.562. The van der Waals surface area contributed by atoms with Crippen molar-refractivity contribution >= 4 is 11.6 Å². The number of amides is 1. The van der Waals surface area contributed by atoms with Gasteiger partial charge in [-0.25, -0.2) is 0 Å². The lowest BCUT2D eigenvalue weighted by Crippen LogP contribution is -2.25. The first kappa shape index (κ1) is 13.9. The quantitative estimate of drug-likeness (QED) is 0.794. The molecule has 3 nitrogen and oxygen atoms in total. The zero-order valence-corrected chi connectivity index (χ0v) is 12.0. The molecule has 0 spiro atoms. The van der Waals surface area contributed by atoms with E-state index in [1.54, 1.807) is 0 Å². The summed E-state index contributed by atoms with van der Waals surface area (Å²) in [5.74, 6) is 0.0887. The van der Waals surface area contributed by atoms with Gasteiger partial charge in [0.2, 0.25) is 5.91 Å². The molecule has 19 heavy (non-hydrogen) atoms. The molecule has 0 atom stereocenters. The second-order valence-corrected chi connectivity index (χ2v) is 6.01. The number of carbonyl (C=O) groups is 1. The van der Waals surface area contributed by atoms with Crippen LogP contribution in [-0.2, 0) is 10.2 Å². The molecule has 1 aromatic carbocycles. The summed E-state index contributed by atoms with van der Waals surface area (Å²) in [5.41, 5.74) is 2.62. The second-order valence-electron chi connectivity index (χ2n) is 6.01. The van der Waals surface area contributed by atoms with Crippen LogP contribution in [0.1, 0.15) is 57.1 Å². The summed E-state index contributed by atoms with van der Waals surface area (Å²) in [6.45, 7) is 5.68. The van der Waals surface area contributed by atoms with E-state index in [0.717, 1.165) is 24.0 Å². The first-order chi connectivity index (χ1) is 8.92. The van der Waals surface area contributed by atoms with Crippen LogP contribution in [0.3, 0.4) is 0 Å². The number of anilines is 1.